The van der Waals surface area contributed by atoms with Gasteiger partial charge in [-0.1, -0.05) is 41.4 Å². The number of halogens is 2. The fourth-order valence-corrected chi connectivity index (χ4v) is 4.73. The van der Waals surface area contributed by atoms with E-state index >= 15 is 0 Å². The van der Waals surface area contributed by atoms with E-state index in [4.69, 9.17) is 37.4 Å². The smallest absolute Gasteiger partial charge is 0.343 e. The number of thioether (sulfide) groups is 1. The van der Waals surface area contributed by atoms with Crippen LogP contribution in [0.25, 0.3) is 6.08 Å². The molecule has 0 N–H and O–H groups in total. The van der Waals surface area contributed by atoms with Crippen LogP contribution in [0.3, 0.4) is 0 Å². The number of carbonyl (C=O) groups is 3. The monoisotopic (exact) mass is 527 g/mol. The summed E-state index contributed by atoms with van der Waals surface area (Å²) in [4.78, 5) is 39.3. The molecule has 2 amide bonds. The van der Waals surface area contributed by atoms with E-state index < -0.39 is 17.1 Å². The topological polar surface area (TPSA) is 82.1 Å². The van der Waals surface area contributed by atoms with Crippen LogP contribution in [0.1, 0.15) is 21.5 Å². The SMILES string of the molecule is O=C(Oc1cccc(/C=C2\SC(=O)N(Cc3cc4c(cc3Cl)OCO4)C2=O)c1)c1cccc(Cl)c1. The molecule has 7 nitrogen and oxygen atoms in total. The zero-order chi connectivity index (χ0) is 24.5. The third-order valence-corrected chi connectivity index (χ3v) is 6.66. The van der Waals surface area contributed by atoms with Gasteiger partial charge in [0.25, 0.3) is 11.1 Å². The first-order valence-corrected chi connectivity index (χ1v) is 11.9. The molecule has 0 spiro atoms. The minimum Gasteiger partial charge on any atom is -0.454 e. The van der Waals surface area contributed by atoms with Crippen molar-refractivity contribution < 1.29 is 28.6 Å². The van der Waals surface area contributed by atoms with Crippen LogP contribution in [-0.2, 0) is 11.3 Å². The van der Waals surface area contributed by atoms with Crippen LogP contribution in [-0.4, -0.2) is 28.8 Å². The summed E-state index contributed by atoms with van der Waals surface area (Å²) in [7, 11) is 0. The Morgan fingerprint density at radius 2 is 1.80 bits per heavy atom. The highest BCUT2D eigenvalue weighted by atomic mass is 35.5. The second-order valence-corrected chi connectivity index (χ2v) is 9.37. The summed E-state index contributed by atoms with van der Waals surface area (Å²) in [6, 6.07) is 16.3. The highest BCUT2D eigenvalue weighted by Crippen LogP contribution is 2.39. The zero-order valence-corrected chi connectivity index (χ0v) is 20.2. The molecule has 5 rings (SSSR count). The fourth-order valence-electron chi connectivity index (χ4n) is 3.49. The normalized spacial score (nSPS) is 15.7. The van der Waals surface area contributed by atoms with E-state index in [2.05, 4.69) is 0 Å². The number of hydrogen-bond acceptors (Lipinski definition) is 7. The summed E-state index contributed by atoms with van der Waals surface area (Å²) >= 11 is 13.1. The Bertz CT molecular complexity index is 1410. The Morgan fingerprint density at radius 1 is 1.03 bits per heavy atom. The van der Waals surface area contributed by atoms with Gasteiger partial charge >= 0.3 is 5.97 Å². The van der Waals surface area contributed by atoms with Gasteiger partial charge < -0.3 is 14.2 Å². The Labute approximate surface area is 214 Å². The highest BCUT2D eigenvalue weighted by Gasteiger charge is 2.35. The van der Waals surface area contributed by atoms with Crippen molar-refractivity contribution in [3.63, 3.8) is 0 Å². The molecule has 0 aromatic heterocycles. The van der Waals surface area contributed by atoms with Crippen LogP contribution in [0.5, 0.6) is 17.2 Å². The standard InChI is InChI=1S/C25H15Cl2NO6S/c26-17-5-2-4-15(9-17)24(30)34-18-6-1-3-14(7-18)8-22-23(29)28(25(31)35-22)12-16-10-20-21(11-19(16)27)33-13-32-20/h1-11H,12-13H2/b22-8-. The predicted molar refractivity (Wildman–Crippen MR) is 132 cm³/mol. The lowest BCUT2D eigenvalue weighted by Gasteiger charge is -2.14. The Kier molecular flexibility index (Phi) is 6.42. The number of hydrogen-bond donors (Lipinski definition) is 0. The van der Waals surface area contributed by atoms with E-state index in [0.29, 0.717) is 38.2 Å². The molecule has 2 heterocycles. The lowest BCUT2D eigenvalue weighted by atomic mass is 10.1. The third-order valence-electron chi connectivity index (χ3n) is 5.17. The fraction of sp³-hybridized carbons (Fsp3) is 0.0800. The van der Waals surface area contributed by atoms with Crippen molar-refractivity contribution >= 4 is 58.2 Å². The van der Waals surface area contributed by atoms with Gasteiger partial charge in [0.15, 0.2) is 11.5 Å². The maximum atomic E-state index is 13.0. The highest BCUT2D eigenvalue weighted by molar-refractivity contribution is 8.18. The number of amides is 2. The minimum atomic E-state index is -0.564. The molecule has 0 unspecified atom stereocenters. The Hall–Kier alpha value is -3.46. The summed E-state index contributed by atoms with van der Waals surface area (Å²) in [6.45, 7) is 0.0850. The van der Waals surface area contributed by atoms with Gasteiger partial charge in [-0.05, 0) is 65.4 Å². The van der Waals surface area contributed by atoms with Crippen molar-refractivity contribution in [1.29, 1.82) is 0 Å². The molecule has 2 aliphatic heterocycles. The third kappa shape index (κ3) is 5.00. The van der Waals surface area contributed by atoms with Crippen molar-refractivity contribution in [1.82, 2.24) is 4.90 Å². The molecule has 2 aliphatic rings. The predicted octanol–water partition coefficient (Wildman–Crippen LogP) is 6.18. The number of imide groups is 1. The van der Waals surface area contributed by atoms with Gasteiger partial charge in [0.1, 0.15) is 5.75 Å². The number of esters is 1. The maximum absolute atomic E-state index is 13.0. The molecule has 0 aliphatic carbocycles. The van der Waals surface area contributed by atoms with Crippen molar-refractivity contribution in [2.75, 3.05) is 6.79 Å². The Morgan fingerprint density at radius 3 is 2.60 bits per heavy atom. The van der Waals surface area contributed by atoms with Crippen LogP contribution >= 0.6 is 35.0 Å². The number of carbonyl (C=O) groups excluding carboxylic acids is 3. The molecule has 0 atom stereocenters. The van der Waals surface area contributed by atoms with Gasteiger partial charge in [-0.3, -0.25) is 14.5 Å². The summed E-state index contributed by atoms with van der Waals surface area (Å²) in [6.07, 6.45) is 1.57. The molecule has 35 heavy (non-hydrogen) atoms. The number of benzene rings is 3. The van der Waals surface area contributed by atoms with Gasteiger partial charge in [-0.2, -0.15) is 0 Å². The first-order valence-electron chi connectivity index (χ1n) is 10.3. The number of fused-ring (bicyclic) bond motifs is 1. The summed E-state index contributed by atoms with van der Waals surface area (Å²) < 4.78 is 16.1. The minimum absolute atomic E-state index is 0.00519. The first kappa shape index (κ1) is 23.3. The van der Waals surface area contributed by atoms with E-state index in [9.17, 15) is 14.4 Å². The molecule has 176 valence electrons. The van der Waals surface area contributed by atoms with E-state index in [1.54, 1.807) is 60.7 Å². The average molecular weight is 528 g/mol. The first-order chi connectivity index (χ1) is 16.9. The molecule has 3 aromatic carbocycles. The van der Waals surface area contributed by atoms with Crippen LogP contribution < -0.4 is 14.2 Å². The maximum Gasteiger partial charge on any atom is 0.343 e. The molecule has 0 bridgehead atoms. The van der Waals surface area contributed by atoms with Crippen molar-refractivity contribution in [2.24, 2.45) is 0 Å². The summed E-state index contributed by atoms with van der Waals surface area (Å²) in [5.41, 5.74) is 1.47. The van der Waals surface area contributed by atoms with Crippen molar-refractivity contribution in [3.05, 3.63) is 92.3 Å². The van der Waals surface area contributed by atoms with Crippen LogP contribution in [0.15, 0.2) is 65.6 Å². The van der Waals surface area contributed by atoms with Gasteiger partial charge in [0.05, 0.1) is 17.0 Å². The van der Waals surface area contributed by atoms with E-state index in [1.807, 2.05) is 0 Å². The molecule has 1 fully saturated rings. The second kappa shape index (κ2) is 9.65. The zero-order valence-electron chi connectivity index (χ0n) is 17.8. The van der Waals surface area contributed by atoms with Gasteiger partial charge in [-0.15, -0.1) is 0 Å². The molecular weight excluding hydrogens is 513 g/mol. The van der Waals surface area contributed by atoms with Crippen LogP contribution in [0, 0.1) is 0 Å². The Balaban J connectivity index is 1.32. The number of ether oxygens (including phenoxy) is 3. The number of nitrogens with zero attached hydrogens (tertiary/aromatic N) is 1. The average Bonchev–Trinajstić information content (AvgIpc) is 3.38. The van der Waals surface area contributed by atoms with Crippen LogP contribution in [0.4, 0.5) is 4.79 Å². The van der Waals surface area contributed by atoms with E-state index in [-0.39, 0.29) is 24.0 Å². The van der Waals surface area contributed by atoms with Crippen molar-refractivity contribution in [2.45, 2.75) is 6.54 Å². The molecular formula is C25H15Cl2NO6S. The molecule has 10 heteroatoms. The summed E-state index contributed by atoms with van der Waals surface area (Å²) in [5.74, 6) is 0.301. The largest absolute Gasteiger partial charge is 0.454 e. The van der Waals surface area contributed by atoms with Gasteiger partial charge in [-0.25, -0.2) is 4.79 Å². The lowest BCUT2D eigenvalue weighted by molar-refractivity contribution is -0.123. The van der Waals surface area contributed by atoms with E-state index in [1.165, 1.54) is 6.07 Å². The molecule has 1 saturated heterocycles. The number of rotatable bonds is 5. The molecule has 0 saturated carbocycles. The van der Waals surface area contributed by atoms with Crippen molar-refractivity contribution in [3.8, 4) is 17.2 Å². The quantitative estimate of drug-likeness (QED) is 0.222. The van der Waals surface area contributed by atoms with Gasteiger partial charge in [0, 0.05) is 16.1 Å². The molecule has 0 radical (unpaired) electrons. The molecule has 3 aromatic rings. The lowest BCUT2D eigenvalue weighted by Crippen LogP contribution is -2.27. The summed E-state index contributed by atoms with van der Waals surface area (Å²) in [5, 5.41) is 0.371. The van der Waals surface area contributed by atoms with E-state index in [0.717, 1.165) is 16.7 Å². The second-order valence-electron chi connectivity index (χ2n) is 7.54. The van der Waals surface area contributed by atoms with Crippen LogP contribution in [0.2, 0.25) is 10.0 Å². The van der Waals surface area contributed by atoms with Gasteiger partial charge in [0.2, 0.25) is 6.79 Å².